The molecule has 0 radical (unpaired) electrons. The summed E-state index contributed by atoms with van der Waals surface area (Å²) in [7, 11) is 3.56. The lowest BCUT2D eigenvalue weighted by molar-refractivity contribution is 0.243. The first-order valence-corrected chi connectivity index (χ1v) is 9.77. The number of likely N-dealkylation sites (tertiary alicyclic amines) is 1. The van der Waals surface area contributed by atoms with Crippen LogP contribution in [0.4, 0.5) is 10.1 Å². The Balaban J connectivity index is 1.57. The number of nitrogens with zero attached hydrogens (tertiary/aromatic N) is 2. The minimum absolute atomic E-state index is 0.545. The molecule has 0 amide bonds. The molecule has 1 fully saturated rings. The van der Waals surface area contributed by atoms with Crippen LogP contribution in [0, 0.1) is 0 Å². The van der Waals surface area contributed by atoms with Crippen molar-refractivity contribution in [1.29, 1.82) is 0 Å². The Kier molecular flexibility index (Phi) is 5.48. The maximum absolute atomic E-state index is 13.3. The quantitative estimate of drug-likeness (QED) is 0.488. The molecular formula is C22H26FN3O2. The topological polar surface area (TPSA) is 46.6 Å². The van der Waals surface area contributed by atoms with E-state index in [2.05, 4.69) is 16.3 Å². The highest BCUT2D eigenvalue weighted by Crippen LogP contribution is 2.38. The number of hydrogen-bond donors (Lipinski definition) is 1. The van der Waals surface area contributed by atoms with E-state index in [1.54, 1.807) is 7.11 Å². The van der Waals surface area contributed by atoms with Gasteiger partial charge in [-0.15, -0.1) is 0 Å². The number of hydrogen-bond acceptors (Lipinski definition) is 5. The minimum Gasteiger partial charge on any atom is -0.493 e. The summed E-state index contributed by atoms with van der Waals surface area (Å²) in [5, 5.41) is 5.37. The average molecular weight is 383 g/mol. The first-order chi connectivity index (χ1) is 13.7. The highest BCUT2D eigenvalue weighted by Gasteiger charge is 2.21. The van der Waals surface area contributed by atoms with Crippen molar-refractivity contribution in [2.24, 2.45) is 0 Å². The Bertz CT molecular complexity index is 979. The molecule has 1 atom stereocenters. The van der Waals surface area contributed by atoms with Gasteiger partial charge in [0.25, 0.3) is 0 Å². The van der Waals surface area contributed by atoms with Gasteiger partial charge in [0.05, 0.1) is 30.4 Å². The van der Waals surface area contributed by atoms with E-state index in [4.69, 9.17) is 14.5 Å². The normalized spacial score (nSPS) is 17.3. The van der Waals surface area contributed by atoms with Gasteiger partial charge in [-0.05, 0) is 25.0 Å². The number of pyridine rings is 1. The van der Waals surface area contributed by atoms with Crippen LogP contribution < -0.4 is 14.8 Å². The smallest absolute Gasteiger partial charge is 0.163 e. The van der Waals surface area contributed by atoms with Crippen LogP contribution in [0.15, 0.2) is 36.4 Å². The lowest BCUT2D eigenvalue weighted by Gasteiger charge is -2.17. The third-order valence-corrected chi connectivity index (χ3v) is 5.31. The molecule has 1 aromatic heterocycles. The Labute approximate surface area is 164 Å². The lowest BCUT2D eigenvalue weighted by Crippen LogP contribution is -2.23. The molecule has 148 valence electrons. The molecule has 28 heavy (non-hydrogen) atoms. The number of aromatic nitrogens is 1. The summed E-state index contributed by atoms with van der Waals surface area (Å²) in [6.07, 6.45) is 0.817. The van der Waals surface area contributed by atoms with Gasteiger partial charge in [-0.1, -0.05) is 18.2 Å². The molecule has 1 N–H and O–H groups in total. The number of para-hydroxylation sites is 1. The number of rotatable bonds is 7. The predicted octanol–water partition coefficient (Wildman–Crippen LogP) is 4.25. The molecule has 4 rings (SSSR count). The van der Waals surface area contributed by atoms with E-state index in [9.17, 15) is 4.39 Å². The molecule has 2 heterocycles. The summed E-state index contributed by atoms with van der Waals surface area (Å²) in [6.45, 7) is 2.79. The van der Waals surface area contributed by atoms with Crippen LogP contribution in [-0.2, 0) is 0 Å². The molecule has 0 bridgehead atoms. The van der Waals surface area contributed by atoms with E-state index < -0.39 is 6.17 Å². The van der Waals surface area contributed by atoms with E-state index in [1.807, 2.05) is 37.4 Å². The number of halogens is 1. The molecule has 6 heteroatoms. The second kappa shape index (κ2) is 8.19. The van der Waals surface area contributed by atoms with E-state index in [1.165, 1.54) is 0 Å². The zero-order valence-corrected chi connectivity index (χ0v) is 16.4. The molecule has 0 aliphatic carbocycles. The molecule has 1 aliphatic heterocycles. The monoisotopic (exact) mass is 383 g/mol. The number of ether oxygens (including phenoxy) is 2. The van der Waals surface area contributed by atoms with Gasteiger partial charge < -0.3 is 19.7 Å². The molecule has 1 aliphatic rings. The van der Waals surface area contributed by atoms with Gasteiger partial charge in [0.1, 0.15) is 6.17 Å². The summed E-state index contributed by atoms with van der Waals surface area (Å²) >= 11 is 0. The van der Waals surface area contributed by atoms with E-state index in [-0.39, 0.29) is 0 Å². The zero-order valence-electron chi connectivity index (χ0n) is 16.4. The van der Waals surface area contributed by atoms with Crippen molar-refractivity contribution >= 4 is 27.5 Å². The largest absolute Gasteiger partial charge is 0.493 e. The number of nitrogens with one attached hydrogen (secondary N) is 1. The predicted molar refractivity (Wildman–Crippen MR) is 111 cm³/mol. The Morgan fingerprint density at radius 3 is 2.79 bits per heavy atom. The van der Waals surface area contributed by atoms with Crippen molar-refractivity contribution in [2.45, 2.75) is 19.0 Å². The summed E-state index contributed by atoms with van der Waals surface area (Å²) in [5.41, 5.74) is 2.82. The van der Waals surface area contributed by atoms with Crippen LogP contribution in [0.5, 0.6) is 11.5 Å². The van der Waals surface area contributed by atoms with Crippen LogP contribution >= 0.6 is 0 Å². The molecule has 3 aromatic rings. The zero-order chi connectivity index (χ0) is 19.5. The molecule has 2 aromatic carbocycles. The lowest BCUT2D eigenvalue weighted by atomic mass is 10.1. The third-order valence-electron chi connectivity index (χ3n) is 5.31. The average Bonchev–Trinajstić information content (AvgIpc) is 3.13. The Morgan fingerprint density at radius 2 is 2.04 bits per heavy atom. The second-order valence-corrected chi connectivity index (χ2v) is 7.16. The first kappa shape index (κ1) is 18.7. The number of alkyl halides is 1. The fourth-order valence-corrected chi connectivity index (χ4v) is 3.90. The molecule has 1 saturated heterocycles. The number of benzene rings is 2. The van der Waals surface area contributed by atoms with Crippen LogP contribution in [0.2, 0.25) is 0 Å². The fourth-order valence-electron chi connectivity index (χ4n) is 3.90. The van der Waals surface area contributed by atoms with Crippen molar-refractivity contribution in [3.05, 3.63) is 36.4 Å². The summed E-state index contributed by atoms with van der Waals surface area (Å²) in [5.74, 6) is 1.37. The molecular weight excluding hydrogens is 357 g/mol. The summed E-state index contributed by atoms with van der Waals surface area (Å²) in [6, 6.07) is 12.0. The summed E-state index contributed by atoms with van der Waals surface area (Å²) in [4.78, 5) is 6.95. The second-order valence-electron chi connectivity index (χ2n) is 7.16. The van der Waals surface area contributed by atoms with E-state index >= 15 is 0 Å². The summed E-state index contributed by atoms with van der Waals surface area (Å²) < 4.78 is 24.8. The van der Waals surface area contributed by atoms with Gasteiger partial charge >= 0.3 is 0 Å². The minimum atomic E-state index is -0.677. The number of methoxy groups -OCH3 is 1. The van der Waals surface area contributed by atoms with Crippen molar-refractivity contribution in [3.8, 4) is 11.5 Å². The third kappa shape index (κ3) is 3.69. The molecule has 5 nitrogen and oxygen atoms in total. The van der Waals surface area contributed by atoms with Crippen molar-refractivity contribution in [3.63, 3.8) is 0 Å². The SMILES string of the molecule is CNc1c2ccccc2nc2cc(OCCCN3CC[C@H](F)C3)c(OC)cc12. The maximum atomic E-state index is 13.3. The van der Waals surface area contributed by atoms with Crippen molar-refractivity contribution < 1.29 is 13.9 Å². The van der Waals surface area contributed by atoms with Gasteiger partial charge in [-0.2, -0.15) is 0 Å². The molecule has 0 spiro atoms. The Morgan fingerprint density at radius 1 is 1.18 bits per heavy atom. The highest BCUT2D eigenvalue weighted by molar-refractivity contribution is 6.08. The van der Waals surface area contributed by atoms with Gasteiger partial charge in [-0.3, -0.25) is 0 Å². The van der Waals surface area contributed by atoms with Crippen LogP contribution in [0.3, 0.4) is 0 Å². The van der Waals surface area contributed by atoms with Crippen LogP contribution in [0.25, 0.3) is 21.8 Å². The fraction of sp³-hybridized carbons (Fsp3) is 0.409. The van der Waals surface area contributed by atoms with Gasteiger partial charge in [0.2, 0.25) is 0 Å². The Hall–Kier alpha value is -2.60. The van der Waals surface area contributed by atoms with Gasteiger partial charge in [-0.25, -0.2) is 9.37 Å². The maximum Gasteiger partial charge on any atom is 0.163 e. The first-order valence-electron chi connectivity index (χ1n) is 9.77. The van der Waals surface area contributed by atoms with Gasteiger partial charge in [0, 0.05) is 43.5 Å². The van der Waals surface area contributed by atoms with Crippen molar-refractivity contribution in [2.75, 3.05) is 45.7 Å². The highest BCUT2D eigenvalue weighted by atomic mass is 19.1. The molecule has 0 unspecified atom stereocenters. The standard InChI is InChI=1S/C22H26FN3O2/c1-24-22-16-6-3-4-7-18(16)25-19-13-21(20(27-2)12-17(19)22)28-11-5-9-26-10-8-15(23)14-26/h3-4,6-7,12-13,15H,5,8-11,14H2,1-2H3,(H,24,25)/t15-/m0/s1. The van der Waals surface area contributed by atoms with Crippen molar-refractivity contribution in [1.82, 2.24) is 9.88 Å². The van der Waals surface area contributed by atoms with Gasteiger partial charge in [0.15, 0.2) is 11.5 Å². The number of anilines is 1. The molecule has 0 saturated carbocycles. The van der Waals surface area contributed by atoms with E-state index in [0.717, 1.165) is 47.0 Å². The number of fused-ring (bicyclic) bond motifs is 2. The van der Waals surface area contributed by atoms with Crippen LogP contribution in [-0.4, -0.2) is 56.5 Å². The van der Waals surface area contributed by atoms with Crippen LogP contribution in [0.1, 0.15) is 12.8 Å². The van der Waals surface area contributed by atoms with E-state index in [0.29, 0.717) is 31.1 Å².